The molecule has 114 valence electrons. The van der Waals surface area contributed by atoms with Crippen LogP contribution in [0.3, 0.4) is 0 Å². The van der Waals surface area contributed by atoms with Crippen molar-refractivity contribution in [3.05, 3.63) is 65.2 Å². The Morgan fingerprint density at radius 1 is 1.30 bits per heavy atom. The van der Waals surface area contributed by atoms with E-state index in [1.54, 1.807) is 18.2 Å². The molecule has 3 rings (SSSR count). The fourth-order valence-electron chi connectivity index (χ4n) is 2.57. The molecule has 1 aliphatic heterocycles. The number of rotatable bonds is 3. The third kappa shape index (κ3) is 3.41. The molecule has 0 saturated carbocycles. The zero-order chi connectivity index (χ0) is 16.2. The van der Waals surface area contributed by atoms with Crippen molar-refractivity contribution in [1.29, 1.82) is 5.26 Å². The highest BCUT2D eigenvalue weighted by Gasteiger charge is 2.19. The number of hydrogen-bond acceptors (Lipinski definition) is 3. The molecule has 0 aliphatic carbocycles. The minimum Gasteiger partial charge on any atom is -0.490 e. The van der Waals surface area contributed by atoms with Crippen LogP contribution in [0.4, 0.5) is 5.69 Å². The van der Waals surface area contributed by atoms with Crippen molar-refractivity contribution in [2.45, 2.75) is 19.4 Å². The second-order valence-electron chi connectivity index (χ2n) is 5.49. The zero-order valence-electron chi connectivity index (χ0n) is 12.7. The molecule has 1 heterocycles. The molecule has 0 radical (unpaired) electrons. The molecule has 4 nitrogen and oxygen atoms in total. The minimum absolute atomic E-state index is 0.0702. The molecule has 0 aromatic heterocycles. The van der Waals surface area contributed by atoms with Crippen molar-refractivity contribution in [1.82, 2.24) is 0 Å². The van der Waals surface area contributed by atoms with Gasteiger partial charge in [0.15, 0.2) is 0 Å². The van der Waals surface area contributed by atoms with Crippen LogP contribution >= 0.6 is 0 Å². The topological polar surface area (TPSA) is 62.1 Å². The lowest BCUT2D eigenvalue weighted by molar-refractivity contribution is -0.112. The summed E-state index contributed by atoms with van der Waals surface area (Å²) in [6.45, 7) is 2.02. The maximum atomic E-state index is 12.2. The molecule has 1 N–H and O–H groups in total. The molecule has 4 heteroatoms. The first-order valence-electron chi connectivity index (χ1n) is 7.43. The number of ether oxygens (including phenoxy) is 1. The first kappa shape index (κ1) is 14.9. The van der Waals surface area contributed by atoms with Crippen LogP contribution in [-0.4, -0.2) is 12.0 Å². The maximum absolute atomic E-state index is 12.2. The summed E-state index contributed by atoms with van der Waals surface area (Å²) >= 11 is 0. The Morgan fingerprint density at radius 3 is 2.83 bits per heavy atom. The monoisotopic (exact) mass is 304 g/mol. The van der Waals surface area contributed by atoms with Gasteiger partial charge in [-0.1, -0.05) is 24.3 Å². The molecule has 0 bridgehead atoms. The summed E-state index contributed by atoms with van der Waals surface area (Å²) in [5.74, 6) is 0.464. The van der Waals surface area contributed by atoms with Crippen molar-refractivity contribution >= 4 is 17.7 Å². The number of carbonyl (C=O) groups is 1. The molecular weight excluding hydrogens is 288 g/mol. The zero-order valence-corrected chi connectivity index (χ0v) is 12.7. The number of benzene rings is 2. The van der Waals surface area contributed by atoms with Gasteiger partial charge < -0.3 is 10.1 Å². The van der Waals surface area contributed by atoms with Gasteiger partial charge >= 0.3 is 0 Å². The third-order valence-corrected chi connectivity index (χ3v) is 3.63. The SMILES string of the molecule is C[C@H]1Cc2cc(/C=C(\C#N)C(=O)Nc3ccccc3)ccc2O1. The van der Waals surface area contributed by atoms with Crippen molar-refractivity contribution < 1.29 is 9.53 Å². The molecule has 1 aliphatic rings. The number of nitriles is 1. The van der Waals surface area contributed by atoms with Crippen LogP contribution in [0.1, 0.15) is 18.1 Å². The molecule has 0 fully saturated rings. The van der Waals surface area contributed by atoms with E-state index < -0.39 is 5.91 Å². The lowest BCUT2D eigenvalue weighted by atomic mass is 10.0. The largest absolute Gasteiger partial charge is 0.490 e. The maximum Gasteiger partial charge on any atom is 0.266 e. The van der Waals surface area contributed by atoms with E-state index in [2.05, 4.69) is 5.32 Å². The summed E-state index contributed by atoms with van der Waals surface area (Å²) in [7, 11) is 0. The van der Waals surface area contributed by atoms with E-state index in [1.165, 1.54) is 0 Å². The summed E-state index contributed by atoms with van der Waals surface area (Å²) in [6.07, 6.45) is 2.61. The second kappa shape index (κ2) is 6.37. The van der Waals surface area contributed by atoms with E-state index >= 15 is 0 Å². The van der Waals surface area contributed by atoms with Crippen LogP contribution in [-0.2, 0) is 11.2 Å². The second-order valence-corrected chi connectivity index (χ2v) is 5.49. The Balaban J connectivity index is 1.81. The molecule has 1 atom stereocenters. The summed E-state index contributed by atoms with van der Waals surface area (Å²) in [5.41, 5.74) is 2.66. The van der Waals surface area contributed by atoms with Crippen LogP contribution in [0, 0.1) is 11.3 Å². The molecule has 0 spiro atoms. The van der Waals surface area contributed by atoms with Crippen molar-refractivity contribution in [2.75, 3.05) is 5.32 Å². The number of carbonyl (C=O) groups excluding carboxylic acids is 1. The van der Waals surface area contributed by atoms with Crippen LogP contribution in [0.25, 0.3) is 6.08 Å². The van der Waals surface area contributed by atoms with Crippen molar-refractivity contribution in [3.63, 3.8) is 0 Å². The van der Waals surface area contributed by atoms with E-state index in [-0.39, 0.29) is 11.7 Å². The fourth-order valence-corrected chi connectivity index (χ4v) is 2.57. The van der Waals surface area contributed by atoms with Crippen LogP contribution in [0.15, 0.2) is 54.1 Å². The summed E-state index contributed by atoms with van der Waals surface area (Å²) < 4.78 is 5.65. The van der Waals surface area contributed by atoms with E-state index in [0.29, 0.717) is 5.69 Å². The molecule has 23 heavy (non-hydrogen) atoms. The minimum atomic E-state index is -0.413. The van der Waals surface area contributed by atoms with Gasteiger partial charge in [-0.05, 0) is 48.4 Å². The van der Waals surface area contributed by atoms with Gasteiger partial charge in [-0.25, -0.2) is 0 Å². The normalized spacial score (nSPS) is 16.2. The number of nitrogens with zero attached hydrogens (tertiary/aromatic N) is 1. The van der Waals surface area contributed by atoms with Gasteiger partial charge in [0, 0.05) is 12.1 Å². The predicted octanol–water partition coefficient (Wildman–Crippen LogP) is 3.56. The molecule has 1 amide bonds. The van der Waals surface area contributed by atoms with E-state index in [9.17, 15) is 10.1 Å². The highest BCUT2D eigenvalue weighted by Crippen LogP contribution is 2.30. The van der Waals surface area contributed by atoms with Gasteiger partial charge in [-0.3, -0.25) is 4.79 Å². The molecule has 0 unspecified atom stereocenters. The molecular formula is C19H16N2O2. The van der Waals surface area contributed by atoms with Crippen molar-refractivity contribution in [2.24, 2.45) is 0 Å². The van der Waals surface area contributed by atoms with E-state index in [4.69, 9.17) is 4.74 Å². The van der Waals surface area contributed by atoms with Gasteiger partial charge in [0.25, 0.3) is 5.91 Å². The Kier molecular flexibility index (Phi) is 4.11. The average Bonchev–Trinajstić information content (AvgIpc) is 2.92. The van der Waals surface area contributed by atoms with Crippen molar-refractivity contribution in [3.8, 4) is 11.8 Å². The molecule has 2 aromatic rings. The molecule has 0 saturated heterocycles. The van der Waals surface area contributed by atoms with Crippen LogP contribution in [0.2, 0.25) is 0 Å². The quantitative estimate of drug-likeness (QED) is 0.696. The Hall–Kier alpha value is -3.06. The number of amides is 1. The van der Waals surface area contributed by atoms with Crippen LogP contribution in [0.5, 0.6) is 5.75 Å². The Bertz CT molecular complexity index is 804. The smallest absolute Gasteiger partial charge is 0.266 e. The average molecular weight is 304 g/mol. The number of hydrogen-bond donors (Lipinski definition) is 1. The van der Waals surface area contributed by atoms with Crippen LogP contribution < -0.4 is 10.1 Å². The summed E-state index contributed by atoms with van der Waals surface area (Å²) in [4.78, 5) is 12.2. The third-order valence-electron chi connectivity index (χ3n) is 3.63. The number of para-hydroxylation sites is 1. The van der Waals surface area contributed by atoms with E-state index in [1.807, 2.05) is 49.4 Å². The van der Waals surface area contributed by atoms with E-state index in [0.717, 1.165) is 23.3 Å². The summed E-state index contributed by atoms with van der Waals surface area (Å²) in [5, 5.41) is 12.0. The molecule has 2 aromatic carbocycles. The highest BCUT2D eigenvalue weighted by atomic mass is 16.5. The van der Waals surface area contributed by atoms with Gasteiger partial charge in [0.1, 0.15) is 23.5 Å². The van der Waals surface area contributed by atoms with Gasteiger partial charge in [0.05, 0.1) is 0 Å². The lowest BCUT2D eigenvalue weighted by Gasteiger charge is -2.04. The number of nitrogens with one attached hydrogen (secondary N) is 1. The predicted molar refractivity (Wildman–Crippen MR) is 88.9 cm³/mol. The summed E-state index contributed by atoms with van der Waals surface area (Å²) in [6, 6.07) is 16.7. The Labute approximate surface area is 135 Å². The van der Waals surface area contributed by atoms with Gasteiger partial charge in [-0.15, -0.1) is 0 Å². The first-order valence-corrected chi connectivity index (χ1v) is 7.43. The fraction of sp³-hybridized carbons (Fsp3) is 0.158. The number of anilines is 1. The highest BCUT2D eigenvalue weighted by molar-refractivity contribution is 6.09. The first-order chi connectivity index (χ1) is 11.2. The Morgan fingerprint density at radius 2 is 2.09 bits per heavy atom. The number of fused-ring (bicyclic) bond motifs is 1. The van der Waals surface area contributed by atoms with Gasteiger partial charge in [-0.2, -0.15) is 5.26 Å². The standard InChI is InChI=1S/C19H16N2O2/c1-13-9-15-10-14(7-8-18(15)23-13)11-16(12-20)19(22)21-17-5-3-2-4-6-17/h2-8,10-11,13H,9H2,1H3,(H,21,22)/b16-11+/t13-/m0/s1. The lowest BCUT2D eigenvalue weighted by Crippen LogP contribution is -2.13. The van der Waals surface area contributed by atoms with Gasteiger partial charge in [0.2, 0.25) is 0 Å².